The summed E-state index contributed by atoms with van der Waals surface area (Å²) < 4.78 is 9.00. The summed E-state index contributed by atoms with van der Waals surface area (Å²) in [5.74, 6) is 0.812. The molecule has 0 saturated heterocycles. The Labute approximate surface area is 130 Å². The molecule has 3 aromatic rings. The monoisotopic (exact) mass is 348 g/mol. The van der Waals surface area contributed by atoms with Crippen molar-refractivity contribution in [2.45, 2.75) is 6.92 Å². The second-order valence-corrected chi connectivity index (χ2v) is 5.88. The van der Waals surface area contributed by atoms with Gasteiger partial charge >= 0.3 is 0 Å². The van der Waals surface area contributed by atoms with Crippen LogP contribution in [0.25, 0.3) is 16.7 Å². The van der Waals surface area contributed by atoms with Crippen molar-refractivity contribution in [3.05, 3.63) is 51.2 Å². The van der Waals surface area contributed by atoms with Gasteiger partial charge in [-0.3, -0.25) is 4.57 Å². The van der Waals surface area contributed by atoms with Gasteiger partial charge in [0.2, 0.25) is 0 Å². The number of rotatable bonds is 2. The zero-order valence-electron chi connectivity index (χ0n) is 11.1. The first-order chi connectivity index (χ1) is 9.60. The number of hydrogen-bond donors (Lipinski definition) is 1. The van der Waals surface area contributed by atoms with E-state index in [-0.39, 0.29) is 0 Å². The fourth-order valence-electron chi connectivity index (χ4n) is 2.28. The van der Waals surface area contributed by atoms with E-state index >= 15 is 0 Å². The van der Waals surface area contributed by atoms with E-state index in [1.807, 2.05) is 28.8 Å². The van der Waals surface area contributed by atoms with Gasteiger partial charge < -0.3 is 9.72 Å². The van der Waals surface area contributed by atoms with Crippen LogP contribution in [0.3, 0.4) is 0 Å². The van der Waals surface area contributed by atoms with Crippen molar-refractivity contribution in [1.82, 2.24) is 9.55 Å². The summed E-state index contributed by atoms with van der Waals surface area (Å²) in [6, 6.07) is 12.1. The Morgan fingerprint density at radius 2 is 2.00 bits per heavy atom. The number of hydrogen-bond acceptors (Lipinski definition) is 2. The first kappa shape index (κ1) is 13.4. The molecule has 0 amide bonds. The summed E-state index contributed by atoms with van der Waals surface area (Å²) in [6.45, 7) is 2.08. The standard InChI is InChI=1S/C15H13BrN2OS/c1-9-3-4-10(16)7-14(9)18-13-6-5-11(19-2)8-12(13)17-15(18)20/h3-8H,1-2H3,(H,17,20). The third-order valence-electron chi connectivity index (χ3n) is 3.30. The maximum atomic E-state index is 5.47. The van der Waals surface area contributed by atoms with Gasteiger partial charge in [0.1, 0.15) is 5.75 Å². The van der Waals surface area contributed by atoms with E-state index in [0.717, 1.165) is 26.9 Å². The summed E-state index contributed by atoms with van der Waals surface area (Å²) in [6.07, 6.45) is 0. The molecule has 5 heteroatoms. The van der Waals surface area contributed by atoms with Gasteiger partial charge in [-0.2, -0.15) is 0 Å². The van der Waals surface area contributed by atoms with Gasteiger partial charge in [-0.05, 0) is 49.0 Å². The molecule has 0 aliphatic rings. The van der Waals surface area contributed by atoms with Gasteiger partial charge in [0.25, 0.3) is 0 Å². The van der Waals surface area contributed by atoms with Crippen LogP contribution in [0, 0.1) is 11.7 Å². The second kappa shape index (κ2) is 5.07. The topological polar surface area (TPSA) is 29.9 Å². The number of imidazole rings is 1. The number of aromatic amines is 1. The van der Waals surface area contributed by atoms with Gasteiger partial charge in [0.05, 0.1) is 23.8 Å². The molecule has 0 bridgehead atoms. The highest BCUT2D eigenvalue weighted by atomic mass is 79.9. The van der Waals surface area contributed by atoms with Crippen LogP contribution in [0.4, 0.5) is 0 Å². The molecule has 1 heterocycles. The molecule has 0 spiro atoms. The third kappa shape index (κ3) is 2.17. The van der Waals surface area contributed by atoms with E-state index in [2.05, 4.69) is 40.0 Å². The molecule has 0 fully saturated rings. The maximum absolute atomic E-state index is 5.47. The normalized spacial score (nSPS) is 10.9. The Balaban J connectivity index is 2.33. The molecule has 0 radical (unpaired) electrons. The lowest BCUT2D eigenvalue weighted by Crippen LogP contribution is -1.97. The molecule has 3 rings (SSSR count). The van der Waals surface area contributed by atoms with Gasteiger partial charge in [-0.25, -0.2) is 0 Å². The van der Waals surface area contributed by atoms with Crippen molar-refractivity contribution in [3.63, 3.8) is 0 Å². The first-order valence-electron chi connectivity index (χ1n) is 6.15. The van der Waals surface area contributed by atoms with Gasteiger partial charge in [-0.1, -0.05) is 22.0 Å². The highest BCUT2D eigenvalue weighted by Crippen LogP contribution is 2.27. The number of halogens is 1. The minimum Gasteiger partial charge on any atom is -0.497 e. The number of fused-ring (bicyclic) bond motifs is 1. The van der Waals surface area contributed by atoms with Crippen molar-refractivity contribution in [1.29, 1.82) is 0 Å². The number of nitrogens with one attached hydrogen (secondary N) is 1. The summed E-state index contributed by atoms with van der Waals surface area (Å²) in [4.78, 5) is 3.23. The van der Waals surface area contributed by atoms with Crippen molar-refractivity contribution >= 4 is 39.2 Å². The molecule has 20 heavy (non-hydrogen) atoms. The number of benzene rings is 2. The maximum Gasteiger partial charge on any atom is 0.182 e. The van der Waals surface area contributed by atoms with Crippen molar-refractivity contribution < 1.29 is 4.74 Å². The summed E-state index contributed by atoms with van der Waals surface area (Å²) in [7, 11) is 1.66. The molecule has 0 unspecified atom stereocenters. The van der Waals surface area contributed by atoms with E-state index in [9.17, 15) is 0 Å². The fraction of sp³-hybridized carbons (Fsp3) is 0.133. The summed E-state index contributed by atoms with van der Waals surface area (Å²) >= 11 is 8.98. The minimum absolute atomic E-state index is 0.675. The van der Waals surface area contributed by atoms with E-state index in [4.69, 9.17) is 17.0 Å². The molecular weight excluding hydrogens is 336 g/mol. The van der Waals surface area contributed by atoms with Crippen LogP contribution < -0.4 is 4.74 Å². The molecule has 102 valence electrons. The van der Waals surface area contributed by atoms with Crippen LogP contribution in [0.1, 0.15) is 5.56 Å². The fourth-order valence-corrected chi connectivity index (χ4v) is 2.94. The lowest BCUT2D eigenvalue weighted by atomic mass is 10.2. The molecule has 0 saturated carbocycles. The Morgan fingerprint density at radius 3 is 2.75 bits per heavy atom. The van der Waals surface area contributed by atoms with Crippen LogP contribution in [-0.4, -0.2) is 16.7 Å². The number of H-pyrrole nitrogens is 1. The van der Waals surface area contributed by atoms with E-state index in [1.54, 1.807) is 7.11 Å². The Kier molecular flexibility index (Phi) is 3.40. The minimum atomic E-state index is 0.675. The molecule has 0 aliphatic heterocycles. The largest absolute Gasteiger partial charge is 0.497 e. The molecule has 2 aromatic carbocycles. The third-order valence-corrected chi connectivity index (χ3v) is 4.08. The molecule has 1 aromatic heterocycles. The zero-order valence-corrected chi connectivity index (χ0v) is 13.5. The molecule has 1 N–H and O–H groups in total. The highest BCUT2D eigenvalue weighted by Gasteiger charge is 2.10. The smallest absolute Gasteiger partial charge is 0.182 e. The van der Waals surface area contributed by atoms with Gasteiger partial charge in [0, 0.05) is 10.5 Å². The zero-order chi connectivity index (χ0) is 14.3. The summed E-state index contributed by atoms with van der Waals surface area (Å²) in [5, 5.41) is 0. The van der Waals surface area contributed by atoms with Crippen molar-refractivity contribution in [2.24, 2.45) is 0 Å². The lowest BCUT2D eigenvalue weighted by Gasteiger charge is -2.09. The predicted molar refractivity (Wildman–Crippen MR) is 87.4 cm³/mol. The Hall–Kier alpha value is -1.59. The quantitative estimate of drug-likeness (QED) is 0.676. The number of nitrogens with zero attached hydrogens (tertiary/aromatic N) is 1. The second-order valence-electron chi connectivity index (χ2n) is 4.58. The SMILES string of the molecule is COc1ccc2c(c1)[nH]c(=S)n2-c1cc(Br)ccc1C. The molecule has 3 nitrogen and oxygen atoms in total. The molecular formula is C15H13BrN2OS. The van der Waals surface area contributed by atoms with E-state index < -0.39 is 0 Å². The average Bonchev–Trinajstić information content (AvgIpc) is 2.76. The summed E-state index contributed by atoms with van der Waals surface area (Å²) in [5.41, 5.74) is 4.24. The number of aromatic nitrogens is 2. The van der Waals surface area contributed by atoms with Crippen LogP contribution >= 0.6 is 28.1 Å². The predicted octanol–water partition coefficient (Wildman–Crippen LogP) is 4.77. The van der Waals surface area contributed by atoms with Crippen molar-refractivity contribution in [3.8, 4) is 11.4 Å². The number of methoxy groups -OCH3 is 1. The van der Waals surface area contributed by atoms with E-state index in [0.29, 0.717) is 4.77 Å². The van der Waals surface area contributed by atoms with Gasteiger partial charge in [0.15, 0.2) is 4.77 Å². The van der Waals surface area contributed by atoms with Gasteiger partial charge in [-0.15, -0.1) is 0 Å². The van der Waals surface area contributed by atoms with Crippen LogP contribution in [-0.2, 0) is 0 Å². The Morgan fingerprint density at radius 1 is 1.20 bits per heavy atom. The van der Waals surface area contributed by atoms with Crippen LogP contribution in [0.5, 0.6) is 5.75 Å². The first-order valence-corrected chi connectivity index (χ1v) is 7.35. The van der Waals surface area contributed by atoms with E-state index in [1.165, 1.54) is 5.56 Å². The lowest BCUT2D eigenvalue weighted by molar-refractivity contribution is 0.415. The number of ether oxygens (including phenoxy) is 1. The number of aryl methyl sites for hydroxylation is 1. The molecule has 0 atom stereocenters. The van der Waals surface area contributed by atoms with Crippen LogP contribution in [0.15, 0.2) is 40.9 Å². The average molecular weight is 349 g/mol. The van der Waals surface area contributed by atoms with Crippen molar-refractivity contribution in [2.75, 3.05) is 7.11 Å². The van der Waals surface area contributed by atoms with Crippen LogP contribution in [0.2, 0.25) is 0 Å². The Bertz CT molecular complexity index is 851. The molecule has 0 aliphatic carbocycles. The highest BCUT2D eigenvalue weighted by molar-refractivity contribution is 9.10.